The number of methoxy groups -OCH3 is 1. The smallest absolute Gasteiger partial charge is 0.311 e. The lowest BCUT2D eigenvalue weighted by Gasteiger charge is -2.35. The molecular formula is C20H19ClN4O3. The summed E-state index contributed by atoms with van der Waals surface area (Å²) < 4.78 is 10.8. The van der Waals surface area contributed by atoms with Gasteiger partial charge in [0.15, 0.2) is 0 Å². The third kappa shape index (κ3) is 3.80. The number of halogens is 1. The quantitative estimate of drug-likeness (QED) is 0.671. The molecule has 28 heavy (non-hydrogen) atoms. The molecule has 1 fully saturated rings. The summed E-state index contributed by atoms with van der Waals surface area (Å²) >= 11 is 5.99. The van der Waals surface area contributed by atoms with Gasteiger partial charge >= 0.3 is 11.8 Å². The Balaban J connectivity index is 1.40. The lowest BCUT2D eigenvalue weighted by molar-refractivity contribution is 0.0707. The normalized spacial score (nSPS) is 14.2. The van der Waals surface area contributed by atoms with Crippen LogP contribution < -0.4 is 9.64 Å². The van der Waals surface area contributed by atoms with Gasteiger partial charge in [0.05, 0.1) is 7.11 Å². The molecule has 0 bridgehead atoms. The Morgan fingerprint density at radius 1 is 1.07 bits per heavy atom. The van der Waals surface area contributed by atoms with Gasteiger partial charge in [-0.2, -0.15) is 0 Å². The number of benzene rings is 2. The van der Waals surface area contributed by atoms with Crippen molar-refractivity contribution in [2.24, 2.45) is 0 Å². The number of hydrogen-bond acceptors (Lipinski definition) is 6. The number of carbonyl (C=O) groups excluding carboxylic acids is 1. The zero-order chi connectivity index (χ0) is 19.5. The van der Waals surface area contributed by atoms with Crippen LogP contribution in [0.2, 0.25) is 5.02 Å². The van der Waals surface area contributed by atoms with Crippen molar-refractivity contribution in [2.45, 2.75) is 0 Å². The van der Waals surface area contributed by atoms with E-state index in [2.05, 4.69) is 15.1 Å². The highest BCUT2D eigenvalue weighted by molar-refractivity contribution is 6.30. The molecule has 1 aliphatic rings. The maximum Gasteiger partial charge on any atom is 0.311 e. The number of hydrogen-bond donors (Lipinski definition) is 0. The van der Waals surface area contributed by atoms with E-state index in [1.807, 2.05) is 24.3 Å². The van der Waals surface area contributed by atoms with Crippen LogP contribution in [-0.4, -0.2) is 54.3 Å². The molecule has 0 saturated carbocycles. The number of aromatic nitrogens is 2. The minimum Gasteiger partial charge on any atom is -0.497 e. The lowest BCUT2D eigenvalue weighted by Crippen LogP contribution is -2.48. The van der Waals surface area contributed by atoms with E-state index >= 15 is 0 Å². The molecule has 1 saturated heterocycles. The Hall–Kier alpha value is -3.06. The summed E-state index contributed by atoms with van der Waals surface area (Å²) in [6, 6.07) is 15.0. The second kappa shape index (κ2) is 7.90. The number of anilines is 1. The van der Waals surface area contributed by atoms with Crippen molar-refractivity contribution < 1.29 is 13.9 Å². The molecule has 0 spiro atoms. The Morgan fingerprint density at radius 2 is 1.82 bits per heavy atom. The molecule has 3 aromatic rings. The molecule has 0 radical (unpaired) electrons. The Labute approximate surface area is 167 Å². The first kappa shape index (κ1) is 18.3. The van der Waals surface area contributed by atoms with E-state index in [1.165, 1.54) is 0 Å². The highest BCUT2D eigenvalue weighted by Crippen LogP contribution is 2.23. The minimum absolute atomic E-state index is 0.00660. The van der Waals surface area contributed by atoms with Gasteiger partial charge in [-0.05, 0) is 42.5 Å². The highest BCUT2D eigenvalue weighted by Gasteiger charge is 2.26. The van der Waals surface area contributed by atoms with E-state index in [9.17, 15) is 4.79 Å². The van der Waals surface area contributed by atoms with Crippen molar-refractivity contribution in [1.29, 1.82) is 0 Å². The topological polar surface area (TPSA) is 71.7 Å². The van der Waals surface area contributed by atoms with Crippen LogP contribution >= 0.6 is 11.6 Å². The summed E-state index contributed by atoms with van der Waals surface area (Å²) in [6.07, 6.45) is 0. The molecule has 0 N–H and O–H groups in total. The van der Waals surface area contributed by atoms with Crippen molar-refractivity contribution >= 4 is 23.2 Å². The first-order valence-electron chi connectivity index (χ1n) is 8.92. The Bertz CT molecular complexity index is 966. The largest absolute Gasteiger partial charge is 0.497 e. The molecule has 0 aliphatic carbocycles. The SMILES string of the molecule is COc1ccc(N2CCN(C(=O)c3nnc(-c4cccc(Cl)c4)o3)CC2)cc1. The van der Waals surface area contributed by atoms with Crippen LogP contribution in [0, 0.1) is 0 Å². The van der Waals surface area contributed by atoms with E-state index in [0.29, 0.717) is 23.7 Å². The molecule has 4 rings (SSSR count). The molecule has 8 heteroatoms. The summed E-state index contributed by atoms with van der Waals surface area (Å²) in [5.41, 5.74) is 1.79. The third-order valence-electron chi connectivity index (χ3n) is 4.68. The number of rotatable bonds is 4. The molecule has 7 nitrogen and oxygen atoms in total. The zero-order valence-electron chi connectivity index (χ0n) is 15.3. The molecular weight excluding hydrogens is 380 g/mol. The fraction of sp³-hybridized carbons (Fsp3) is 0.250. The van der Waals surface area contributed by atoms with E-state index in [-0.39, 0.29) is 17.7 Å². The standard InChI is InChI=1S/C20H19ClN4O3/c1-27-17-7-5-16(6-8-17)24-9-11-25(12-10-24)20(26)19-23-22-18(28-19)14-3-2-4-15(21)13-14/h2-8,13H,9-12H2,1H3. The fourth-order valence-electron chi connectivity index (χ4n) is 3.14. The molecule has 1 aliphatic heterocycles. The number of amides is 1. The molecule has 1 amide bonds. The van der Waals surface area contributed by atoms with Gasteiger partial charge in [-0.25, -0.2) is 0 Å². The van der Waals surface area contributed by atoms with Gasteiger partial charge < -0.3 is 19.0 Å². The number of ether oxygens (including phenoxy) is 1. The zero-order valence-corrected chi connectivity index (χ0v) is 16.1. The molecule has 2 heterocycles. The number of piperazine rings is 1. The van der Waals surface area contributed by atoms with Gasteiger partial charge in [0.2, 0.25) is 5.89 Å². The van der Waals surface area contributed by atoms with E-state index in [4.69, 9.17) is 20.8 Å². The van der Waals surface area contributed by atoms with Crippen molar-refractivity contribution in [1.82, 2.24) is 15.1 Å². The van der Waals surface area contributed by atoms with Crippen molar-refractivity contribution in [3.63, 3.8) is 0 Å². The Morgan fingerprint density at radius 3 is 2.50 bits per heavy atom. The van der Waals surface area contributed by atoms with E-state index < -0.39 is 0 Å². The summed E-state index contributed by atoms with van der Waals surface area (Å²) in [5, 5.41) is 8.46. The van der Waals surface area contributed by atoms with Crippen molar-refractivity contribution in [3.8, 4) is 17.2 Å². The van der Waals surface area contributed by atoms with Crippen LogP contribution in [0.3, 0.4) is 0 Å². The van der Waals surface area contributed by atoms with Gasteiger partial charge in [-0.3, -0.25) is 4.79 Å². The lowest BCUT2D eigenvalue weighted by atomic mass is 10.2. The summed E-state index contributed by atoms with van der Waals surface area (Å²) in [4.78, 5) is 16.7. The fourth-order valence-corrected chi connectivity index (χ4v) is 3.33. The predicted molar refractivity (Wildman–Crippen MR) is 106 cm³/mol. The van der Waals surface area contributed by atoms with Crippen LogP contribution in [0.1, 0.15) is 10.7 Å². The van der Waals surface area contributed by atoms with Gasteiger partial charge in [0, 0.05) is 42.5 Å². The van der Waals surface area contributed by atoms with Crippen LogP contribution in [0.15, 0.2) is 52.9 Å². The third-order valence-corrected chi connectivity index (χ3v) is 4.92. The van der Waals surface area contributed by atoms with Crippen LogP contribution in [-0.2, 0) is 0 Å². The predicted octanol–water partition coefficient (Wildman–Crippen LogP) is 3.36. The average molecular weight is 399 g/mol. The van der Waals surface area contributed by atoms with Gasteiger partial charge in [-0.15, -0.1) is 10.2 Å². The first-order valence-corrected chi connectivity index (χ1v) is 9.29. The minimum atomic E-state index is -0.254. The second-order valence-corrected chi connectivity index (χ2v) is 6.84. The summed E-state index contributed by atoms with van der Waals surface area (Å²) in [5.74, 6) is 0.843. The Kier molecular flexibility index (Phi) is 5.16. The summed E-state index contributed by atoms with van der Waals surface area (Å²) in [6.45, 7) is 2.63. The first-order chi connectivity index (χ1) is 13.6. The highest BCUT2D eigenvalue weighted by atomic mass is 35.5. The van der Waals surface area contributed by atoms with E-state index in [0.717, 1.165) is 24.5 Å². The second-order valence-electron chi connectivity index (χ2n) is 6.40. The van der Waals surface area contributed by atoms with Crippen molar-refractivity contribution in [3.05, 3.63) is 59.4 Å². The number of nitrogens with zero attached hydrogens (tertiary/aromatic N) is 4. The average Bonchev–Trinajstić information content (AvgIpc) is 3.24. The maximum atomic E-state index is 12.7. The van der Waals surface area contributed by atoms with Gasteiger partial charge in [0.1, 0.15) is 5.75 Å². The number of carbonyl (C=O) groups is 1. The molecule has 0 unspecified atom stereocenters. The monoisotopic (exact) mass is 398 g/mol. The van der Waals surface area contributed by atoms with E-state index in [1.54, 1.807) is 36.3 Å². The molecule has 144 valence electrons. The van der Waals surface area contributed by atoms with Gasteiger partial charge in [-0.1, -0.05) is 17.7 Å². The van der Waals surface area contributed by atoms with Gasteiger partial charge in [0.25, 0.3) is 0 Å². The van der Waals surface area contributed by atoms with Crippen molar-refractivity contribution in [2.75, 3.05) is 38.2 Å². The van der Waals surface area contributed by atoms with Crippen LogP contribution in [0.5, 0.6) is 5.75 Å². The van der Waals surface area contributed by atoms with Crippen LogP contribution in [0.4, 0.5) is 5.69 Å². The summed E-state index contributed by atoms with van der Waals surface area (Å²) in [7, 11) is 1.65. The molecule has 2 aromatic carbocycles. The maximum absolute atomic E-state index is 12.7. The molecule has 0 atom stereocenters. The molecule has 1 aromatic heterocycles. The van der Waals surface area contributed by atoms with Crippen LogP contribution in [0.25, 0.3) is 11.5 Å².